The highest BCUT2D eigenvalue weighted by atomic mass is 16.2. The van der Waals surface area contributed by atoms with Crippen LogP contribution in [0.1, 0.15) is 45.4 Å². The molecule has 1 aromatic carbocycles. The second-order valence-electron chi connectivity index (χ2n) is 5.72. The molecule has 1 aliphatic carbocycles. The number of primary amides is 1. The van der Waals surface area contributed by atoms with Gasteiger partial charge in [-0.15, -0.1) is 0 Å². The highest BCUT2D eigenvalue weighted by molar-refractivity contribution is 5.88. The Balaban J connectivity index is 1.86. The van der Waals surface area contributed by atoms with Gasteiger partial charge in [-0.2, -0.15) is 0 Å². The standard InChI is InChI=1S/C16H25N3O/c1-2-4-12-7-9-13(10-8-12)18-14-5-3-6-15(11-14)19-16(17)20/h3,5-6,11-13,18H,2,4,7-10H2,1H3,(H3,17,19,20). The van der Waals surface area contributed by atoms with Gasteiger partial charge in [0, 0.05) is 17.4 Å². The molecular formula is C16H25N3O. The van der Waals surface area contributed by atoms with E-state index in [1.165, 1.54) is 38.5 Å². The molecule has 1 saturated carbocycles. The van der Waals surface area contributed by atoms with Gasteiger partial charge in [-0.1, -0.05) is 25.8 Å². The van der Waals surface area contributed by atoms with Crippen molar-refractivity contribution in [3.8, 4) is 0 Å². The topological polar surface area (TPSA) is 67.2 Å². The smallest absolute Gasteiger partial charge is 0.316 e. The maximum absolute atomic E-state index is 10.9. The molecule has 1 aromatic rings. The van der Waals surface area contributed by atoms with Crippen LogP contribution in [0.15, 0.2) is 24.3 Å². The Morgan fingerprint density at radius 2 is 1.95 bits per heavy atom. The fraction of sp³-hybridized carbons (Fsp3) is 0.562. The van der Waals surface area contributed by atoms with Crippen molar-refractivity contribution < 1.29 is 4.79 Å². The van der Waals surface area contributed by atoms with E-state index in [4.69, 9.17) is 5.73 Å². The first-order valence-corrected chi connectivity index (χ1v) is 7.60. The van der Waals surface area contributed by atoms with Crippen LogP contribution in [-0.2, 0) is 0 Å². The Labute approximate surface area is 121 Å². The molecule has 0 aromatic heterocycles. The van der Waals surface area contributed by atoms with Crippen LogP contribution in [0.4, 0.5) is 16.2 Å². The van der Waals surface area contributed by atoms with Crippen LogP contribution in [-0.4, -0.2) is 12.1 Å². The summed E-state index contributed by atoms with van der Waals surface area (Å²) >= 11 is 0. The molecule has 0 bridgehead atoms. The fourth-order valence-electron chi connectivity index (χ4n) is 3.07. The lowest BCUT2D eigenvalue weighted by molar-refractivity contribution is 0.259. The molecule has 4 nitrogen and oxygen atoms in total. The average Bonchev–Trinajstić information content (AvgIpc) is 2.41. The number of carbonyl (C=O) groups is 1. The summed E-state index contributed by atoms with van der Waals surface area (Å²) in [6.45, 7) is 2.27. The molecule has 0 atom stereocenters. The lowest BCUT2D eigenvalue weighted by atomic mass is 9.83. The molecule has 0 aliphatic heterocycles. The molecular weight excluding hydrogens is 250 g/mol. The van der Waals surface area contributed by atoms with Crippen LogP contribution in [0.2, 0.25) is 0 Å². The maximum atomic E-state index is 10.9. The minimum absolute atomic E-state index is 0.526. The molecule has 0 radical (unpaired) electrons. The number of hydrogen-bond acceptors (Lipinski definition) is 2. The van der Waals surface area contributed by atoms with Gasteiger partial charge in [-0.05, 0) is 49.8 Å². The van der Waals surface area contributed by atoms with E-state index in [2.05, 4.69) is 17.6 Å². The molecule has 1 aliphatic rings. The van der Waals surface area contributed by atoms with E-state index in [0.29, 0.717) is 6.04 Å². The lowest BCUT2D eigenvalue weighted by Gasteiger charge is -2.29. The minimum Gasteiger partial charge on any atom is -0.382 e. The summed E-state index contributed by atoms with van der Waals surface area (Å²) in [6.07, 6.45) is 7.78. The molecule has 4 heteroatoms. The van der Waals surface area contributed by atoms with E-state index in [-0.39, 0.29) is 0 Å². The van der Waals surface area contributed by atoms with Crippen molar-refractivity contribution in [3.05, 3.63) is 24.3 Å². The predicted molar refractivity (Wildman–Crippen MR) is 83.9 cm³/mol. The highest BCUT2D eigenvalue weighted by Crippen LogP contribution is 2.29. The van der Waals surface area contributed by atoms with Gasteiger partial charge in [0.15, 0.2) is 0 Å². The number of nitrogens with one attached hydrogen (secondary N) is 2. The van der Waals surface area contributed by atoms with Gasteiger partial charge in [-0.25, -0.2) is 4.79 Å². The third kappa shape index (κ3) is 4.44. The molecule has 0 unspecified atom stereocenters. The van der Waals surface area contributed by atoms with Crippen molar-refractivity contribution in [1.82, 2.24) is 0 Å². The van der Waals surface area contributed by atoms with Crippen molar-refractivity contribution in [2.45, 2.75) is 51.5 Å². The number of nitrogens with two attached hydrogens (primary N) is 1. The summed E-state index contributed by atoms with van der Waals surface area (Å²) in [4.78, 5) is 10.9. The number of carbonyl (C=O) groups excluding carboxylic acids is 1. The third-order valence-electron chi connectivity index (χ3n) is 4.04. The Morgan fingerprint density at radius 3 is 2.60 bits per heavy atom. The number of amides is 2. The highest BCUT2D eigenvalue weighted by Gasteiger charge is 2.20. The lowest BCUT2D eigenvalue weighted by Crippen LogP contribution is -2.26. The second kappa shape index (κ2) is 7.17. The predicted octanol–water partition coefficient (Wildman–Crippen LogP) is 3.95. The summed E-state index contributed by atoms with van der Waals surface area (Å²) in [5, 5.41) is 6.17. The van der Waals surface area contributed by atoms with Crippen LogP contribution in [0.3, 0.4) is 0 Å². The minimum atomic E-state index is -0.526. The number of hydrogen-bond donors (Lipinski definition) is 3. The van der Waals surface area contributed by atoms with Crippen LogP contribution in [0.25, 0.3) is 0 Å². The van der Waals surface area contributed by atoms with Crippen molar-refractivity contribution in [3.63, 3.8) is 0 Å². The summed E-state index contributed by atoms with van der Waals surface area (Å²) in [5.74, 6) is 0.918. The first kappa shape index (κ1) is 14.7. The molecule has 0 spiro atoms. The number of rotatable bonds is 5. The van der Waals surface area contributed by atoms with E-state index in [0.717, 1.165) is 17.3 Å². The summed E-state index contributed by atoms with van der Waals surface area (Å²) in [7, 11) is 0. The van der Waals surface area contributed by atoms with Gasteiger partial charge >= 0.3 is 6.03 Å². The van der Waals surface area contributed by atoms with E-state index in [1.54, 1.807) is 0 Å². The van der Waals surface area contributed by atoms with E-state index < -0.39 is 6.03 Å². The monoisotopic (exact) mass is 275 g/mol. The average molecular weight is 275 g/mol. The normalized spacial score (nSPS) is 22.2. The molecule has 1 fully saturated rings. The first-order valence-electron chi connectivity index (χ1n) is 7.60. The Morgan fingerprint density at radius 1 is 1.25 bits per heavy atom. The van der Waals surface area contributed by atoms with Gasteiger partial charge in [-0.3, -0.25) is 0 Å². The van der Waals surface area contributed by atoms with Crippen molar-refractivity contribution in [2.24, 2.45) is 11.7 Å². The molecule has 2 rings (SSSR count). The fourth-order valence-corrected chi connectivity index (χ4v) is 3.07. The number of urea groups is 1. The van der Waals surface area contributed by atoms with Gasteiger partial charge < -0.3 is 16.4 Å². The summed E-state index contributed by atoms with van der Waals surface area (Å²) in [5.41, 5.74) is 6.92. The number of benzene rings is 1. The number of anilines is 2. The van der Waals surface area contributed by atoms with Gasteiger partial charge in [0.05, 0.1) is 0 Å². The van der Waals surface area contributed by atoms with Crippen LogP contribution < -0.4 is 16.4 Å². The van der Waals surface area contributed by atoms with E-state index in [1.807, 2.05) is 24.3 Å². The van der Waals surface area contributed by atoms with Gasteiger partial charge in [0.1, 0.15) is 0 Å². The van der Waals surface area contributed by atoms with Crippen molar-refractivity contribution in [1.29, 1.82) is 0 Å². The summed E-state index contributed by atoms with van der Waals surface area (Å²) in [6, 6.07) is 7.76. The zero-order valence-electron chi connectivity index (χ0n) is 12.2. The SMILES string of the molecule is CCCC1CCC(Nc2cccc(NC(N)=O)c2)CC1. The molecule has 2 amide bonds. The third-order valence-corrected chi connectivity index (χ3v) is 4.04. The van der Waals surface area contributed by atoms with E-state index in [9.17, 15) is 4.79 Å². The molecule has 110 valence electrons. The largest absolute Gasteiger partial charge is 0.382 e. The maximum Gasteiger partial charge on any atom is 0.316 e. The van der Waals surface area contributed by atoms with Gasteiger partial charge in [0.25, 0.3) is 0 Å². The van der Waals surface area contributed by atoms with Crippen molar-refractivity contribution in [2.75, 3.05) is 10.6 Å². The zero-order chi connectivity index (χ0) is 14.4. The Hall–Kier alpha value is -1.71. The second-order valence-corrected chi connectivity index (χ2v) is 5.72. The quantitative estimate of drug-likeness (QED) is 0.761. The first-order chi connectivity index (χ1) is 9.67. The van der Waals surface area contributed by atoms with Crippen LogP contribution in [0, 0.1) is 5.92 Å². The van der Waals surface area contributed by atoms with Crippen LogP contribution in [0.5, 0.6) is 0 Å². The Bertz CT molecular complexity index is 439. The molecule has 20 heavy (non-hydrogen) atoms. The molecule has 0 heterocycles. The molecule has 4 N–H and O–H groups in total. The Kier molecular flexibility index (Phi) is 5.27. The van der Waals surface area contributed by atoms with Crippen molar-refractivity contribution >= 4 is 17.4 Å². The van der Waals surface area contributed by atoms with Crippen LogP contribution >= 0.6 is 0 Å². The zero-order valence-corrected chi connectivity index (χ0v) is 12.2. The van der Waals surface area contributed by atoms with Gasteiger partial charge in [0.2, 0.25) is 0 Å². The summed E-state index contributed by atoms with van der Waals surface area (Å²) < 4.78 is 0. The molecule has 0 saturated heterocycles. The van der Waals surface area contributed by atoms with E-state index >= 15 is 0 Å².